The van der Waals surface area contributed by atoms with E-state index in [0.29, 0.717) is 13.2 Å². The summed E-state index contributed by atoms with van der Waals surface area (Å²) in [4.78, 5) is 2.21. The number of hydrogen-bond acceptors (Lipinski definition) is 3. The van der Waals surface area contributed by atoms with Gasteiger partial charge in [0.15, 0.2) is 0 Å². The number of ether oxygens (including phenoxy) is 1. The smallest absolute Gasteiger partial charge is 0.250 e. The number of hydrogen-bond donors (Lipinski definition) is 1. The zero-order valence-electron chi connectivity index (χ0n) is 11.4. The first-order valence-electron chi connectivity index (χ1n) is 7.06. The van der Waals surface area contributed by atoms with Crippen LogP contribution in [0.15, 0.2) is 24.3 Å². The molecule has 0 amide bonds. The average Bonchev–Trinajstić information content (AvgIpc) is 2.45. The van der Waals surface area contributed by atoms with Gasteiger partial charge in [0, 0.05) is 43.6 Å². The molecule has 0 bridgehead atoms. The van der Waals surface area contributed by atoms with E-state index >= 15 is 0 Å². The van der Waals surface area contributed by atoms with E-state index in [9.17, 15) is 8.78 Å². The topological polar surface area (TPSA) is 38.5 Å². The standard InChI is InChI=1S/C15H20F2N2O/c16-15(17)9-14(10-15,11-18)12-3-1-2-4-13(12)19-5-7-20-8-6-19/h1-4H,5-11,18H2. The van der Waals surface area contributed by atoms with Crippen LogP contribution in [0.4, 0.5) is 14.5 Å². The van der Waals surface area contributed by atoms with E-state index < -0.39 is 11.3 Å². The Morgan fingerprint density at radius 1 is 1.15 bits per heavy atom. The van der Waals surface area contributed by atoms with Gasteiger partial charge in [0.05, 0.1) is 13.2 Å². The van der Waals surface area contributed by atoms with Crippen molar-refractivity contribution in [3.8, 4) is 0 Å². The number of rotatable bonds is 3. The molecule has 1 aliphatic carbocycles. The van der Waals surface area contributed by atoms with Crippen LogP contribution in [-0.2, 0) is 10.2 Å². The van der Waals surface area contributed by atoms with Crippen molar-refractivity contribution in [2.24, 2.45) is 5.73 Å². The van der Waals surface area contributed by atoms with Crippen LogP contribution in [0, 0.1) is 0 Å². The number of anilines is 1. The first-order chi connectivity index (χ1) is 9.56. The molecule has 1 heterocycles. The van der Waals surface area contributed by atoms with Crippen molar-refractivity contribution in [1.82, 2.24) is 0 Å². The van der Waals surface area contributed by atoms with Gasteiger partial charge < -0.3 is 15.4 Å². The van der Waals surface area contributed by atoms with Crippen LogP contribution in [0.5, 0.6) is 0 Å². The van der Waals surface area contributed by atoms with Crippen molar-refractivity contribution in [2.45, 2.75) is 24.2 Å². The average molecular weight is 282 g/mol. The van der Waals surface area contributed by atoms with Crippen molar-refractivity contribution in [3.63, 3.8) is 0 Å². The summed E-state index contributed by atoms with van der Waals surface area (Å²) >= 11 is 0. The van der Waals surface area contributed by atoms with E-state index in [1.165, 1.54) is 0 Å². The largest absolute Gasteiger partial charge is 0.378 e. The van der Waals surface area contributed by atoms with E-state index in [1.807, 2.05) is 24.3 Å². The lowest BCUT2D eigenvalue weighted by Crippen LogP contribution is -2.54. The van der Waals surface area contributed by atoms with Crippen LogP contribution in [-0.4, -0.2) is 38.8 Å². The second-order valence-corrected chi connectivity index (χ2v) is 5.81. The molecule has 110 valence electrons. The van der Waals surface area contributed by atoms with Gasteiger partial charge in [-0.3, -0.25) is 0 Å². The molecule has 0 atom stereocenters. The monoisotopic (exact) mass is 282 g/mol. The molecular formula is C15H20F2N2O. The van der Waals surface area contributed by atoms with Crippen molar-refractivity contribution in [1.29, 1.82) is 0 Å². The maximum atomic E-state index is 13.4. The minimum absolute atomic E-state index is 0.141. The van der Waals surface area contributed by atoms with Gasteiger partial charge in [-0.2, -0.15) is 0 Å². The van der Waals surface area contributed by atoms with Gasteiger partial charge in [-0.15, -0.1) is 0 Å². The third-order valence-corrected chi connectivity index (χ3v) is 4.41. The predicted molar refractivity (Wildman–Crippen MR) is 74.4 cm³/mol. The summed E-state index contributed by atoms with van der Waals surface area (Å²) in [5.74, 6) is -2.57. The molecule has 3 rings (SSSR count). The number of halogens is 2. The molecule has 2 aliphatic rings. The van der Waals surface area contributed by atoms with E-state index in [-0.39, 0.29) is 19.4 Å². The summed E-state index contributed by atoms with van der Waals surface area (Å²) in [6, 6.07) is 7.82. The molecular weight excluding hydrogens is 262 g/mol. The molecule has 0 spiro atoms. The first-order valence-corrected chi connectivity index (χ1v) is 7.06. The Hall–Kier alpha value is -1.20. The molecule has 1 saturated carbocycles. The Kier molecular flexibility index (Phi) is 3.42. The molecule has 1 aliphatic heterocycles. The van der Waals surface area contributed by atoms with Crippen molar-refractivity contribution < 1.29 is 13.5 Å². The van der Waals surface area contributed by atoms with Crippen molar-refractivity contribution >= 4 is 5.69 Å². The second kappa shape index (κ2) is 4.97. The third-order valence-electron chi connectivity index (χ3n) is 4.41. The minimum atomic E-state index is -2.57. The van der Waals surface area contributed by atoms with Gasteiger partial charge in [0.1, 0.15) is 0 Å². The molecule has 5 heteroatoms. The molecule has 2 N–H and O–H groups in total. The number of para-hydroxylation sites is 1. The van der Waals surface area contributed by atoms with Crippen LogP contribution < -0.4 is 10.6 Å². The number of nitrogens with zero attached hydrogens (tertiary/aromatic N) is 1. The Morgan fingerprint density at radius 2 is 1.80 bits per heavy atom. The third kappa shape index (κ3) is 2.29. The van der Waals surface area contributed by atoms with Crippen LogP contribution in [0.1, 0.15) is 18.4 Å². The van der Waals surface area contributed by atoms with Gasteiger partial charge in [0.2, 0.25) is 5.92 Å². The van der Waals surface area contributed by atoms with Crippen LogP contribution in [0.25, 0.3) is 0 Å². The molecule has 1 saturated heterocycles. The number of morpholine rings is 1. The first kappa shape index (κ1) is 13.8. The predicted octanol–water partition coefficient (Wildman–Crippen LogP) is 2.15. The molecule has 2 fully saturated rings. The number of nitrogens with two attached hydrogens (primary N) is 1. The Bertz CT molecular complexity index is 479. The summed E-state index contributed by atoms with van der Waals surface area (Å²) in [5.41, 5.74) is 7.28. The lowest BCUT2D eigenvalue weighted by molar-refractivity contribution is -0.123. The van der Waals surface area contributed by atoms with Gasteiger partial charge in [0.25, 0.3) is 0 Å². The summed E-state index contributed by atoms with van der Waals surface area (Å²) in [7, 11) is 0. The number of alkyl halides is 2. The SMILES string of the molecule is NCC1(c2ccccc2N2CCOCC2)CC(F)(F)C1. The van der Waals surface area contributed by atoms with Gasteiger partial charge in [-0.1, -0.05) is 18.2 Å². The minimum Gasteiger partial charge on any atom is -0.378 e. The number of benzene rings is 1. The Labute approximate surface area is 117 Å². The fraction of sp³-hybridized carbons (Fsp3) is 0.600. The lowest BCUT2D eigenvalue weighted by Gasteiger charge is -2.49. The molecule has 20 heavy (non-hydrogen) atoms. The van der Waals surface area contributed by atoms with Gasteiger partial charge >= 0.3 is 0 Å². The lowest BCUT2D eigenvalue weighted by atomic mass is 9.61. The highest BCUT2D eigenvalue weighted by Gasteiger charge is 2.57. The van der Waals surface area contributed by atoms with Crippen molar-refractivity contribution in [2.75, 3.05) is 37.7 Å². The summed E-state index contributed by atoms with van der Waals surface area (Å²) < 4.78 is 32.1. The molecule has 1 aromatic rings. The summed E-state index contributed by atoms with van der Waals surface area (Å²) in [6.45, 7) is 3.23. The maximum absolute atomic E-state index is 13.4. The zero-order chi connectivity index (χ0) is 14.2. The van der Waals surface area contributed by atoms with E-state index in [0.717, 1.165) is 24.3 Å². The zero-order valence-corrected chi connectivity index (χ0v) is 11.4. The molecule has 0 aromatic heterocycles. The highest BCUT2D eigenvalue weighted by atomic mass is 19.3. The van der Waals surface area contributed by atoms with Gasteiger partial charge in [-0.25, -0.2) is 8.78 Å². The fourth-order valence-electron chi connectivity index (χ4n) is 3.39. The maximum Gasteiger partial charge on any atom is 0.250 e. The van der Waals surface area contributed by atoms with Crippen molar-refractivity contribution in [3.05, 3.63) is 29.8 Å². The highest BCUT2D eigenvalue weighted by Crippen LogP contribution is 2.54. The van der Waals surface area contributed by atoms with E-state index in [4.69, 9.17) is 10.5 Å². The Morgan fingerprint density at radius 3 is 2.40 bits per heavy atom. The Balaban J connectivity index is 1.93. The second-order valence-electron chi connectivity index (χ2n) is 5.81. The van der Waals surface area contributed by atoms with Crippen LogP contribution >= 0.6 is 0 Å². The highest BCUT2D eigenvalue weighted by molar-refractivity contribution is 5.58. The molecule has 1 aromatic carbocycles. The van der Waals surface area contributed by atoms with Gasteiger partial charge in [-0.05, 0) is 11.6 Å². The summed E-state index contributed by atoms with van der Waals surface area (Å²) in [6.07, 6.45) is -0.282. The molecule has 3 nitrogen and oxygen atoms in total. The van der Waals surface area contributed by atoms with Crippen LogP contribution in [0.3, 0.4) is 0 Å². The summed E-state index contributed by atoms with van der Waals surface area (Å²) in [5, 5.41) is 0. The van der Waals surface area contributed by atoms with E-state index in [2.05, 4.69) is 4.90 Å². The van der Waals surface area contributed by atoms with E-state index in [1.54, 1.807) is 0 Å². The quantitative estimate of drug-likeness (QED) is 0.923. The fourth-order valence-corrected chi connectivity index (χ4v) is 3.39. The normalized spacial score (nSPS) is 24.2. The molecule has 0 radical (unpaired) electrons. The molecule has 0 unspecified atom stereocenters. The van der Waals surface area contributed by atoms with Crippen LogP contribution in [0.2, 0.25) is 0 Å².